The summed E-state index contributed by atoms with van der Waals surface area (Å²) >= 11 is 0. The summed E-state index contributed by atoms with van der Waals surface area (Å²) in [6.45, 7) is 5.64. The monoisotopic (exact) mass is 477 g/mol. The number of aliphatic hydroxyl groups is 1. The molecular weight excluding hydrogens is 446 g/mol. The lowest BCUT2D eigenvalue weighted by atomic mass is 10.00. The molecule has 11 heteroatoms. The molecule has 3 heterocycles. The van der Waals surface area contributed by atoms with Crippen LogP contribution < -0.4 is 4.74 Å². The first kappa shape index (κ1) is 24.9. The van der Waals surface area contributed by atoms with Gasteiger partial charge in [-0.2, -0.15) is 4.31 Å². The minimum atomic E-state index is -3.83. The Morgan fingerprint density at radius 3 is 2.73 bits per heavy atom. The molecule has 180 valence electrons. The van der Waals surface area contributed by atoms with Gasteiger partial charge in [0, 0.05) is 39.0 Å². The van der Waals surface area contributed by atoms with Gasteiger partial charge in [0.15, 0.2) is 5.03 Å². The Morgan fingerprint density at radius 1 is 1.39 bits per heavy atom. The molecule has 1 N–H and O–H groups in total. The van der Waals surface area contributed by atoms with Crippen LogP contribution in [0.15, 0.2) is 35.9 Å². The third-order valence-electron chi connectivity index (χ3n) is 5.69. The molecular formula is C22H31N5O5S. The Kier molecular flexibility index (Phi) is 7.55. The first-order valence-corrected chi connectivity index (χ1v) is 12.2. The molecule has 3 atom stereocenters. The smallest absolute Gasteiger partial charge is 0.261 e. The molecule has 1 aliphatic rings. The van der Waals surface area contributed by atoms with Crippen molar-refractivity contribution >= 4 is 22.0 Å². The third-order valence-corrected chi connectivity index (χ3v) is 7.40. The molecule has 0 saturated carbocycles. The maximum Gasteiger partial charge on any atom is 0.261 e. The van der Waals surface area contributed by atoms with Crippen LogP contribution in [0.5, 0.6) is 5.88 Å². The summed E-state index contributed by atoms with van der Waals surface area (Å²) in [5.41, 5.74) is 1.02. The summed E-state index contributed by atoms with van der Waals surface area (Å²) in [6.07, 6.45) is 7.55. The molecule has 0 aliphatic carbocycles. The number of aromatic nitrogens is 3. The molecule has 0 aromatic carbocycles. The summed E-state index contributed by atoms with van der Waals surface area (Å²) in [7, 11) is -0.655. The van der Waals surface area contributed by atoms with Crippen molar-refractivity contribution in [2.24, 2.45) is 13.0 Å². The number of sulfonamides is 1. The number of allylic oxidation sites excluding steroid dienone is 1. The molecule has 2 aromatic rings. The van der Waals surface area contributed by atoms with Crippen LogP contribution in [-0.4, -0.2) is 82.1 Å². The van der Waals surface area contributed by atoms with Crippen LogP contribution >= 0.6 is 0 Å². The first-order chi connectivity index (χ1) is 15.6. The lowest BCUT2D eigenvalue weighted by molar-refractivity contribution is 0.0373. The first-order valence-electron chi connectivity index (χ1n) is 10.7. The van der Waals surface area contributed by atoms with Crippen LogP contribution in [0.2, 0.25) is 0 Å². The van der Waals surface area contributed by atoms with E-state index >= 15 is 0 Å². The van der Waals surface area contributed by atoms with Crippen molar-refractivity contribution in [3.63, 3.8) is 0 Å². The second-order valence-corrected chi connectivity index (χ2v) is 10.4. The number of amides is 1. The van der Waals surface area contributed by atoms with Gasteiger partial charge in [-0.3, -0.25) is 4.79 Å². The summed E-state index contributed by atoms with van der Waals surface area (Å²) < 4.78 is 34.9. The number of aliphatic hydroxyl groups excluding tert-OH is 1. The van der Waals surface area contributed by atoms with Gasteiger partial charge in [-0.25, -0.2) is 18.4 Å². The number of imidazole rings is 1. The number of hydrogen-bond acceptors (Lipinski definition) is 7. The Morgan fingerprint density at radius 2 is 2.12 bits per heavy atom. The Bertz CT molecular complexity index is 1130. The molecule has 2 aromatic heterocycles. The summed E-state index contributed by atoms with van der Waals surface area (Å²) in [6, 6.07) is 1.27. The highest BCUT2D eigenvalue weighted by Gasteiger charge is 2.36. The average molecular weight is 478 g/mol. The molecule has 0 spiro atoms. The van der Waals surface area contributed by atoms with Crippen molar-refractivity contribution in [1.29, 1.82) is 0 Å². The lowest BCUT2D eigenvalue weighted by Gasteiger charge is -2.37. The van der Waals surface area contributed by atoms with Crippen molar-refractivity contribution < 1.29 is 23.1 Å². The molecule has 0 saturated heterocycles. The van der Waals surface area contributed by atoms with E-state index in [4.69, 9.17) is 4.74 Å². The number of nitrogens with zero attached hydrogens (tertiary/aromatic N) is 5. The van der Waals surface area contributed by atoms with Crippen molar-refractivity contribution in [3.05, 3.63) is 42.0 Å². The number of carbonyl (C=O) groups is 1. The summed E-state index contributed by atoms with van der Waals surface area (Å²) in [5, 5.41) is 9.69. The van der Waals surface area contributed by atoms with Crippen molar-refractivity contribution in [1.82, 2.24) is 23.7 Å². The van der Waals surface area contributed by atoms with E-state index in [1.165, 1.54) is 23.9 Å². The van der Waals surface area contributed by atoms with Crippen molar-refractivity contribution in [3.8, 4) is 5.88 Å². The van der Waals surface area contributed by atoms with Crippen molar-refractivity contribution in [2.45, 2.75) is 37.9 Å². The zero-order valence-corrected chi connectivity index (χ0v) is 20.4. The van der Waals surface area contributed by atoms with Gasteiger partial charge in [0.2, 0.25) is 5.88 Å². The number of hydrogen-bond donors (Lipinski definition) is 1. The molecule has 10 nitrogen and oxygen atoms in total. The van der Waals surface area contributed by atoms with Crippen LogP contribution in [0.25, 0.3) is 6.08 Å². The normalized spacial score (nSPS) is 20.5. The number of fused-ring (bicyclic) bond motifs is 1. The van der Waals surface area contributed by atoms with E-state index in [1.54, 1.807) is 35.7 Å². The number of pyridine rings is 1. The maximum absolute atomic E-state index is 13.3. The number of ether oxygens (including phenoxy) is 1. The van der Waals surface area contributed by atoms with Crippen LogP contribution in [0.1, 0.15) is 36.7 Å². The van der Waals surface area contributed by atoms with Gasteiger partial charge in [-0.15, -0.1) is 0 Å². The highest BCUT2D eigenvalue weighted by Crippen LogP contribution is 2.28. The topological polar surface area (TPSA) is 118 Å². The van der Waals surface area contributed by atoms with Crippen LogP contribution in [0.3, 0.4) is 0 Å². The SMILES string of the molecule is CC=Cc1cnc2c(c1)C(=O)N([C@H](C)CO)C[C@@H](C)[C@@H](CN(C)S(=O)(=O)c1cn(C)cn1)O2. The highest BCUT2D eigenvalue weighted by molar-refractivity contribution is 7.89. The van der Waals surface area contributed by atoms with Gasteiger partial charge in [0.05, 0.1) is 25.5 Å². The number of aryl methyl sites for hydroxylation is 1. The predicted molar refractivity (Wildman–Crippen MR) is 123 cm³/mol. The molecule has 0 bridgehead atoms. The second-order valence-electron chi connectivity index (χ2n) is 8.41. The molecule has 3 rings (SSSR count). The van der Waals surface area contributed by atoms with Gasteiger partial charge in [0.1, 0.15) is 11.7 Å². The number of likely N-dealkylation sites (N-methyl/N-ethyl adjacent to an activating group) is 1. The van der Waals surface area contributed by atoms with Gasteiger partial charge in [-0.05, 0) is 25.5 Å². The maximum atomic E-state index is 13.3. The minimum Gasteiger partial charge on any atom is -0.472 e. The molecule has 0 radical (unpaired) electrons. The van der Waals surface area contributed by atoms with Gasteiger partial charge in [-0.1, -0.05) is 19.1 Å². The third kappa shape index (κ3) is 5.26. The fourth-order valence-electron chi connectivity index (χ4n) is 3.65. The standard InChI is InChI=1S/C22H31N5O5S/c1-6-7-17-8-18-21(23-9-17)32-19(15(2)10-27(22(18)29)16(3)13-28)11-26(5)33(30,31)20-12-25(4)14-24-20/h6-9,12,14-16,19,28H,10-11,13H2,1-5H3/t15-,16-,19-/m1/s1. The molecule has 0 unspecified atom stereocenters. The quantitative estimate of drug-likeness (QED) is 0.640. The van der Waals surface area contributed by atoms with E-state index in [0.717, 1.165) is 5.56 Å². The zero-order chi connectivity index (χ0) is 24.3. The van der Waals surface area contributed by atoms with Gasteiger partial charge < -0.3 is 19.3 Å². The predicted octanol–water partition coefficient (Wildman–Crippen LogP) is 1.39. The van der Waals surface area contributed by atoms with Crippen LogP contribution in [-0.2, 0) is 17.1 Å². The number of carbonyl (C=O) groups excluding carboxylic acids is 1. The van der Waals surface area contributed by atoms with E-state index in [9.17, 15) is 18.3 Å². The Balaban J connectivity index is 1.97. The molecule has 1 aliphatic heterocycles. The minimum absolute atomic E-state index is 0.0351. The largest absolute Gasteiger partial charge is 0.472 e. The fourth-order valence-corrected chi connectivity index (χ4v) is 4.80. The van der Waals surface area contributed by atoms with Crippen molar-refractivity contribution in [2.75, 3.05) is 26.7 Å². The zero-order valence-electron chi connectivity index (χ0n) is 19.5. The fraction of sp³-hybridized carbons (Fsp3) is 0.500. The lowest BCUT2D eigenvalue weighted by Crippen LogP contribution is -2.50. The van der Waals surface area contributed by atoms with Gasteiger partial charge >= 0.3 is 0 Å². The molecule has 33 heavy (non-hydrogen) atoms. The van der Waals surface area contributed by atoms with Crippen LogP contribution in [0.4, 0.5) is 0 Å². The number of rotatable bonds is 7. The highest BCUT2D eigenvalue weighted by atomic mass is 32.2. The Labute approximate surface area is 194 Å². The van der Waals surface area contributed by atoms with E-state index in [2.05, 4.69) is 9.97 Å². The molecule has 1 amide bonds. The summed E-state index contributed by atoms with van der Waals surface area (Å²) in [4.78, 5) is 23.2. The Hall–Kier alpha value is -2.76. The molecule has 0 fully saturated rings. The van der Waals surface area contributed by atoms with Gasteiger partial charge in [0.25, 0.3) is 15.9 Å². The van der Waals surface area contributed by atoms with E-state index in [1.807, 2.05) is 26.0 Å². The van der Waals surface area contributed by atoms with E-state index in [-0.39, 0.29) is 48.0 Å². The van der Waals surface area contributed by atoms with Crippen LogP contribution in [0, 0.1) is 5.92 Å². The average Bonchev–Trinajstić information content (AvgIpc) is 3.23. The van der Waals surface area contributed by atoms with E-state index < -0.39 is 22.2 Å². The second kappa shape index (κ2) is 10.0. The van der Waals surface area contributed by atoms with E-state index in [0.29, 0.717) is 0 Å². The summed E-state index contributed by atoms with van der Waals surface area (Å²) in [5.74, 6) is -0.386.